The molecule has 1 aromatic carbocycles. The largest absolute Gasteiger partial charge is 0.360 e. The Hall–Kier alpha value is -3.00. The van der Waals surface area contributed by atoms with Gasteiger partial charge in [-0.05, 0) is 17.7 Å². The molecule has 3 aliphatic heterocycles. The van der Waals surface area contributed by atoms with Gasteiger partial charge >= 0.3 is 0 Å². The Morgan fingerprint density at radius 2 is 2.10 bits per heavy atom. The molecule has 7 nitrogen and oxygen atoms in total. The maximum Gasteiger partial charge on any atom is 0.230 e. The van der Waals surface area contributed by atoms with Crippen LogP contribution in [0.5, 0.6) is 0 Å². The molecule has 2 fully saturated rings. The second-order valence-electron chi connectivity index (χ2n) is 8.44. The fourth-order valence-corrected chi connectivity index (χ4v) is 4.96. The minimum atomic E-state index is -0.753. The Bertz CT molecular complexity index is 1030. The zero-order chi connectivity index (χ0) is 21.0. The van der Waals surface area contributed by atoms with Gasteiger partial charge in [-0.15, -0.1) is 0 Å². The van der Waals surface area contributed by atoms with Crippen LogP contribution in [0, 0.1) is 17.7 Å². The quantitative estimate of drug-likeness (QED) is 0.701. The average molecular weight is 410 g/mol. The minimum Gasteiger partial charge on any atom is -0.360 e. The Labute approximate surface area is 173 Å². The Morgan fingerprint density at radius 1 is 1.33 bits per heavy atom. The predicted octanol–water partition coefficient (Wildman–Crippen LogP) is 1.50. The number of halogens is 1. The molecule has 8 heteroatoms. The summed E-state index contributed by atoms with van der Waals surface area (Å²) in [7, 11) is 3.57. The van der Waals surface area contributed by atoms with Gasteiger partial charge in [0.25, 0.3) is 0 Å². The van der Waals surface area contributed by atoms with Crippen molar-refractivity contribution in [1.29, 1.82) is 0 Å². The third kappa shape index (κ3) is 2.94. The first-order chi connectivity index (χ1) is 14.4. The number of likely N-dealkylation sites (tertiary alicyclic amines) is 1. The van der Waals surface area contributed by atoms with E-state index in [1.165, 1.54) is 12.1 Å². The van der Waals surface area contributed by atoms with Crippen LogP contribution in [0.4, 0.5) is 4.39 Å². The number of aryl methyl sites for hydroxylation is 1. The Balaban J connectivity index is 1.35. The van der Waals surface area contributed by atoms with Crippen molar-refractivity contribution in [2.24, 2.45) is 18.9 Å². The van der Waals surface area contributed by atoms with E-state index in [2.05, 4.69) is 5.10 Å². The fourth-order valence-electron chi connectivity index (χ4n) is 4.96. The second kappa shape index (κ2) is 6.77. The molecule has 156 valence electrons. The molecule has 0 unspecified atom stereocenters. The van der Waals surface area contributed by atoms with Crippen LogP contribution in [-0.2, 0) is 34.5 Å². The zero-order valence-corrected chi connectivity index (χ0v) is 16.9. The molecular formula is C22H23FN4O3. The number of amides is 2. The van der Waals surface area contributed by atoms with Crippen molar-refractivity contribution >= 4 is 11.8 Å². The van der Waals surface area contributed by atoms with Crippen molar-refractivity contribution in [2.45, 2.75) is 24.8 Å². The topological polar surface area (TPSA) is 67.7 Å². The van der Waals surface area contributed by atoms with Crippen LogP contribution in [0.15, 0.2) is 48.8 Å². The fraction of sp³-hybridized carbons (Fsp3) is 0.409. The van der Waals surface area contributed by atoms with Gasteiger partial charge in [0, 0.05) is 38.9 Å². The van der Waals surface area contributed by atoms with Gasteiger partial charge in [-0.3, -0.25) is 14.3 Å². The third-order valence-corrected chi connectivity index (χ3v) is 6.30. The molecule has 1 aromatic heterocycles. The monoisotopic (exact) mass is 410 g/mol. The van der Waals surface area contributed by atoms with E-state index in [0.29, 0.717) is 19.6 Å². The molecule has 0 aliphatic carbocycles. The summed E-state index contributed by atoms with van der Waals surface area (Å²) in [6.07, 6.45) is 7.07. The molecule has 0 saturated carbocycles. The first-order valence-electron chi connectivity index (χ1n) is 9.99. The highest BCUT2D eigenvalue weighted by atomic mass is 19.1. The molecule has 2 bridgehead atoms. The molecule has 3 aliphatic rings. The van der Waals surface area contributed by atoms with E-state index in [1.807, 2.05) is 25.4 Å². The van der Waals surface area contributed by atoms with E-state index < -0.39 is 17.4 Å². The first kappa shape index (κ1) is 19.0. The maximum atomic E-state index is 13.3. The molecule has 0 N–H and O–H groups in total. The number of ether oxygens (including phenoxy) is 1. The number of hydrogen-bond donors (Lipinski definition) is 0. The summed E-state index contributed by atoms with van der Waals surface area (Å²) in [5.41, 5.74) is 1.02. The summed E-state index contributed by atoms with van der Waals surface area (Å²) in [6.45, 7) is 1.19. The van der Waals surface area contributed by atoms with Crippen LogP contribution < -0.4 is 0 Å². The standard InChI is InChI=1S/C22H23FN4O3/c1-25(10-15-9-24-26(2)11-15)20(28)18-17-7-8-22(30-17)13-27(21(29)19(18)22)12-14-3-5-16(23)6-4-14/h3-9,11,17-19H,10,12-13H2,1-2H3/t17-,18+,19+,22-/m0/s1. The molecule has 0 radical (unpaired) electrons. The minimum absolute atomic E-state index is 0.0840. The zero-order valence-electron chi connectivity index (χ0n) is 16.9. The highest BCUT2D eigenvalue weighted by Crippen LogP contribution is 2.52. The van der Waals surface area contributed by atoms with Crippen LogP contribution >= 0.6 is 0 Å². The summed E-state index contributed by atoms with van der Waals surface area (Å²) < 4.78 is 21.1. The molecule has 5 rings (SSSR count). The van der Waals surface area contributed by atoms with Gasteiger partial charge in [0.05, 0.1) is 30.7 Å². The number of hydrogen-bond acceptors (Lipinski definition) is 4. The second-order valence-corrected chi connectivity index (χ2v) is 8.44. The summed E-state index contributed by atoms with van der Waals surface area (Å²) in [6, 6.07) is 6.12. The summed E-state index contributed by atoms with van der Waals surface area (Å²) in [4.78, 5) is 30.0. The number of fused-ring (bicyclic) bond motifs is 1. The van der Waals surface area contributed by atoms with Gasteiger partial charge in [0.2, 0.25) is 11.8 Å². The predicted molar refractivity (Wildman–Crippen MR) is 105 cm³/mol. The van der Waals surface area contributed by atoms with Crippen molar-refractivity contribution in [2.75, 3.05) is 13.6 Å². The Kier molecular flexibility index (Phi) is 4.28. The molecule has 2 saturated heterocycles. The molecule has 4 atom stereocenters. The van der Waals surface area contributed by atoms with Crippen molar-refractivity contribution in [3.8, 4) is 0 Å². The SMILES string of the molecule is CN(Cc1cnn(C)c1)C(=O)[C@@H]1[C@@H]2C=C[C@@]3(CN(Cc4ccc(F)cc4)C(=O)[C@@H]13)O2. The van der Waals surface area contributed by atoms with Gasteiger partial charge < -0.3 is 14.5 Å². The highest BCUT2D eigenvalue weighted by Gasteiger charge is 2.67. The number of aromatic nitrogens is 2. The maximum absolute atomic E-state index is 13.3. The van der Waals surface area contributed by atoms with Gasteiger partial charge in [0.15, 0.2) is 0 Å². The smallest absolute Gasteiger partial charge is 0.230 e. The van der Waals surface area contributed by atoms with Crippen molar-refractivity contribution in [3.63, 3.8) is 0 Å². The lowest BCUT2D eigenvalue weighted by Gasteiger charge is -2.27. The van der Waals surface area contributed by atoms with Gasteiger partial charge in [0.1, 0.15) is 11.4 Å². The van der Waals surface area contributed by atoms with Crippen molar-refractivity contribution in [3.05, 3.63) is 65.8 Å². The molecule has 2 aromatic rings. The molecular weight excluding hydrogens is 387 g/mol. The number of nitrogens with zero attached hydrogens (tertiary/aromatic N) is 4. The average Bonchev–Trinajstić information content (AvgIpc) is 3.45. The summed E-state index contributed by atoms with van der Waals surface area (Å²) in [5, 5.41) is 4.14. The number of benzene rings is 1. The summed E-state index contributed by atoms with van der Waals surface area (Å²) in [5.74, 6) is -1.57. The van der Waals surface area contributed by atoms with Crippen LogP contribution in [-0.4, -0.2) is 56.7 Å². The third-order valence-electron chi connectivity index (χ3n) is 6.30. The van der Waals surface area contributed by atoms with Crippen molar-refractivity contribution in [1.82, 2.24) is 19.6 Å². The van der Waals surface area contributed by atoms with Crippen LogP contribution in [0.2, 0.25) is 0 Å². The number of rotatable bonds is 5. The lowest BCUT2D eigenvalue weighted by atomic mass is 9.76. The molecule has 4 heterocycles. The van der Waals surface area contributed by atoms with Crippen LogP contribution in [0.25, 0.3) is 0 Å². The molecule has 2 amide bonds. The van der Waals surface area contributed by atoms with Crippen LogP contribution in [0.3, 0.4) is 0 Å². The lowest BCUT2D eigenvalue weighted by Crippen LogP contribution is -2.44. The van der Waals surface area contributed by atoms with E-state index in [-0.39, 0.29) is 23.7 Å². The number of carbonyl (C=O) groups excluding carboxylic acids is 2. The number of carbonyl (C=O) groups is 2. The Morgan fingerprint density at radius 3 is 2.80 bits per heavy atom. The van der Waals surface area contributed by atoms with E-state index in [4.69, 9.17) is 4.74 Å². The van der Waals surface area contributed by atoms with Crippen molar-refractivity contribution < 1.29 is 18.7 Å². The van der Waals surface area contributed by atoms with E-state index in [1.54, 1.807) is 39.9 Å². The summed E-state index contributed by atoms with van der Waals surface area (Å²) >= 11 is 0. The highest BCUT2D eigenvalue weighted by molar-refractivity contribution is 5.93. The van der Waals surface area contributed by atoms with E-state index >= 15 is 0 Å². The molecule has 30 heavy (non-hydrogen) atoms. The normalized spacial score (nSPS) is 29.0. The van der Waals surface area contributed by atoms with E-state index in [0.717, 1.165) is 11.1 Å². The van der Waals surface area contributed by atoms with E-state index in [9.17, 15) is 14.0 Å². The first-order valence-corrected chi connectivity index (χ1v) is 9.99. The lowest BCUT2D eigenvalue weighted by molar-refractivity contribution is -0.142. The van der Waals surface area contributed by atoms with Gasteiger partial charge in [-0.2, -0.15) is 5.10 Å². The van der Waals surface area contributed by atoms with Gasteiger partial charge in [-0.1, -0.05) is 24.3 Å². The van der Waals surface area contributed by atoms with Crippen LogP contribution in [0.1, 0.15) is 11.1 Å². The molecule has 1 spiro atoms. The van der Waals surface area contributed by atoms with Gasteiger partial charge in [-0.25, -0.2) is 4.39 Å².